The summed E-state index contributed by atoms with van der Waals surface area (Å²) in [5.41, 5.74) is 3.45. The fourth-order valence-corrected chi connectivity index (χ4v) is 3.15. The van der Waals surface area contributed by atoms with Crippen LogP contribution in [0.2, 0.25) is 0 Å². The normalized spacial score (nSPS) is 10.5. The molecular formula is C24H24O4. The molecule has 0 bridgehead atoms. The van der Waals surface area contributed by atoms with E-state index < -0.39 is 5.97 Å². The summed E-state index contributed by atoms with van der Waals surface area (Å²) in [7, 11) is 1.65. The van der Waals surface area contributed by atoms with Crippen molar-refractivity contribution in [1.29, 1.82) is 0 Å². The predicted molar refractivity (Wildman–Crippen MR) is 109 cm³/mol. The molecule has 0 atom stereocenters. The first-order valence-electron chi connectivity index (χ1n) is 9.32. The predicted octanol–water partition coefficient (Wildman–Crippen LogP) is 5.15. The van der Waals surface area contributed by atoms with E-state index in [4.69, 9.17) is 9.47 Å². The van der Waals surface area contributed by atoms with Crippen molar-refractivity contribution < 1.29 is 19.4 Å². The molecule has 0 aromatic heterocycles. The summed E-state index contributed by atoms with van der Waals surface area (Å²) < 4.78 is 11.2. The van der Waals surface area contributed by atoms with E-state index >= 15 is 0 Å². The second-order valence-electron chi connectivity index (χ2n) is 6.56. The van der Waals surface area contributed by atoms with Gasteiger partial charge < -0.3 is 14.6 Å². The quantitative estimate of drug-likeness (QED) is 0.561. The average molecular weight is 376 g/mol. The first-order chi connectivity index (χ1) is 13.7. The average Bonchev–Trinajstić information content (AvgIpc) is 2.73. The number of aryl methyl sites for hydroxylation is 2. The summed E-state index contributed by atoms with van der Waals surface area (Å²) in [5.74, 6) is 0.814. The van der Waals surface area contributed by atoms with Gasteiger partial charge in [-0.15, -0.1) is 0 Å². The minimum Gasteiger partial charge on any atom is -0.497 e. The van der Waals surface area contributed by atoms with E-state index in [2.05, 4.69) is 6.07 Å². The number of aromatic carboxylic acids is 1. The Balaban J connectivity index is 1.60. The van der Waals surface area contributed by atoms with Gasteiger partial charge in [0, 0.05) is 0 Å². The van der Waals surface area contributed by atoms with Crippen LogP contribution in [0.3, 0.4) is 0 Å². The van der Waals surface area contributed by atoms with Crippen LogP contribution in [0.4, 0.5) is 0 Å². The molecule has 4 nitrogen and oxygen atoms in total. The lowest BCUT2D eigenvalue weighted by Crippen LogP contribution is -2.03. The lowest BCUT2D eigenvalue weighted by Gasteiger charge is -2.12. The summed E-state index contributed by atoms with van der Waals surface area (Å²) in [6.07, 6.45) is 2.40. The van der Waals surface area contributed by atoms with Gasteiger partial charge in [-0.25, -0.2) is 4.79 Å². The Morgan fingerprint density at radius 3 is 2.21 bits per heavy atom. The van der Waals surface area contributed by atoms with Crippen LogP contribution < -0.4 is 9.47 Å². The monoisotopic (exact) mass is 376 g/mol. The van der Waals surface area contributed by atoms with Gasteiger partial charge in [-0.05, 0) is 60.2 Å². The molecule has 0 heterocycles. The zero-order valence-electron chi connectivity index (χ0n) is 15.9. The van der Waals surface area contributed by atoms with Gasteiger partial charge in [0.25, 0.3) is 0 Å². The second kappa shape index (κ2) is 9.60. The lowest BCUT2D eigenvalue weighted by atomic mass is 9.99. The molecule has 28 heavy (non-hydrogen) atoms. The Bertz CT molecular complexity index is 916. The summed E-state index contributed by atoms with van der Waals surface area (Å²) in [6.45, 7) is 0.489. The van der Waals surface area contributed by atoms with E-state index in [9.17, 15) is 9.90 Å². The highest BCUT2D eigenvalue weighted by Crippen LogP contribution is 2.23. The first kappa shape index (κ1) is 19.5. The van der Waals surface area contributed by atoms with Crippen LogP contribution >= 0.6 is 0 Å². The second-order valence-corrected chi connectivity index (χ2v) is 6.56. The molecule has 0 saturated heterocycles. The molecule has 0 aliphatic carbocycles. The third-order valence-electron chi connectivity index (χ3n) is 4.67. The molecule has 3 rings (SSSR count). The number of para-hydroxylation sites is 1. The molecule has 4 heteroatoms. The number of methoxy groups -OCH3 is 1. The fourth-order valence-electron chi connectivity index (χ4n) is 3.15. The number of benzene rings is 3. The van der Waals surface area contributed by atoms with Crippen LogP contribution in [0.15, 0.2) is 72.8 Å². The summed E-state index contributed by atoms with van der Waals surface area (Å²) in [6, 6.07) is 23.0. The molecule has 0 spiro atoms. The third-order valence-corrected chi connectivity index (χ3v) is 4.67. The van der Waals surface area contributed by atoms with Gasteiger partial charge in [0.1, 0.15) is 18.1 Å². The van der Waals surface area contributed by atoms with E-state index in [0.717, 1.165) is 47.5 Å². The number of carboxylic acids is 1. The van der Waals surface area contributed by atoms with Gasteiger partial charge in [-0.2, -0.15) is 0 Å². The van der Waals surface area contributed by atoms with E-state index in [0.29, 0.717) is 12.2 Å². The summed E-state index contributed by atoms with van der Waals surface area (Å²) in [5, 5.41) is 9.31. The highest BCUT2D eigenvalue weighted by molar-refractivity contribution is 5.89. The van der Waals surface area contributed by atoms with Crippen LogP contribution in [-0.2, 0) is 19.4 Å². The van der Waals surface area contributed by atoms with Crippen molar-refractivity contribution in [1.82, 2.24) is 0 Å². The van der Waals surface area contributed by atoms with Gasteiger partial charge in [0.05, 0.1) is 12.7 Å². The first-order valence-corrected chi connectivity index (χ1v) is 9.32. The molecule has 0 aliphatic heterocycles. The van der Waals surface area contributed by atoms with E-state index in [1.165, 1.54) is 0 Å². The van der Waals surface area contributed by atoms with Gasteiger partial charge in [0.2, 0.25) is 0 Å². The topological polar surface area (TPSA) is 55.8 Å². The van der Waals surface area contributed by atoms with E-state index in [-0.39, 0.29) is 0 Å². The lowest BCUT2D eigenvalue weighted by molar-refractivity contribution is 0.0695. The molecule has 0 unspecified atom stereocenters. The molecule has 0 aliphatic rings. The minimum absolute atomic E-state index is 0.381. The Morgan fingerprint density at radius 2 is 1.50 bits per heavy atom. The largest absolute Gasteiger partial charge is 0.497 e. The van der Waals surface area contributed by atoms with Crippen molar-refractivity contribution in [3.05, 3.63) is 95.1 Å². The maximum atomic E-state index is 11.3. The van der Waals surface area contributed by atoms with Crippen LogP contribution in [-0.4, -0.2) is 18.2 Å². The Hall–Kier alpha value is -3.27. The van der Waals surface area contributed by atoms with E-state index in [1.807, 2.05) is 54.6 Å². The van der Waals surface area contributed by atoms with Gasteiger partial charge in [0.15, 0.2) is 0 Å². The molecule has 0 fully saturated rings. The molecule has 0 radical (unpaired) electrons. The number of hydrogen-bond donors (Lipinski definition) is 1. The maximum Gasteiger partial charge on any atom is 0.335 e. The van der Waals surface area contributed by atoms with Crippen LogP contribution in [0.25, 0.3) is 0 Å². The van der Waals surface area contributed by atoms with E-state index in [1.54, 1.807) is 19.2 Å². The zero-order chi connectivity index (χ0) is 19.8. The standard InChI is InChI=1S/C24H24O4/c1-27-21-15-13-18(14-16-21)17-28-23-12-5-3-8-20(23)10-6-9-19-7-2-4-11-22(19)24(25)26/h2-5,7-8,11-16H,6,9-10,17H2,1H3,(H,25,26). The van der Waals surface area contributed by atoms with Gasteiger partial charge in [-0.3, -0.25) is 0 Å². The van der Waals surface area contributed by atoms with Crippen LogP contribution in [0, 0.1) is 0 Å². The Kier molecular flexibility index (Phi) is 6.68. The number of carboxylic acid groups (broad SMARTS) is 1. The number of ether oxygens (including phenoxy) is 2. The molecule has 3 aromatic rings. The third kappa shape index (κ3) is 5.13. The summed E-state index contributed by atoms with van der Waals surface area (Å²) >= 11 is 0. The number of rotatable bonds is 9. The van der Waals surface area contributed by atoms with Crippen molar-refractivity contribution >= 4 is 5.97 Å². The Morgan fingerprint density at radius 1 is 0.857 bits per heavy atom. The minimum atomic E-state index is -0.876. The summed E-state index contributed by atoms with van der Waals surface area (Å²) in [4.78, 5) is 11.3. The number of hydrogen-bond acceptors (Lipinski definition) is 3. The van der Waals surface area contributed by atoms with Crippen LogP contribution in [0.5, 0.6) is 11.5 Å². The van der Waals surface area contributed by atoms with Gasteiger partial charge >= 0.3 is 5.97 Å². The molecule has 144 valence electrons. The van der Waals surface area contributed by atoms with Crippen molar-refractivity contribution in [3.8, 4) is 11.5 Å². The zero-order valence-corrected chi connectivity index (χ0v) is 15.9. The molecule has 0 amide bonds. The molecule has 3 aromatic carbocycles. The fraction of sp³-hybridized carbons (Fsp3) is 0.208. The molecule has 0 saturated carbocycles. The highest BCUT2D eigenvalue weighted by atomic mass is 16.5. The highest BCUT2D eigenvalue weighted by Gasteiger charge is 2.09. The molecular weight excluding hydrogens is 352 g/mol. The van der Waals surface area contributed by atoms with Crippen LogP contribution in [0.1, 0.15) is 33.5 Å². The molecule has 1 N–H and O–H groups in total. The maximum absolute atomic E-state index is 11.3. The van der Waals surface area contributed by atoms with Crippen molar-refractivity contribution in [3.63, 3.8) is 0 Å². The van der Waals surface area contributed by atoms with Crippen molar-refractivity contribution in [2.24, 2.45) is 0 Å². The van der Waals surface area contributed by atoms with Crippen molar-refractivity contribution in [2.45, 2.75) is 25.9 Å². The van der Waals surface area contributed by atoms with Crippen molar-refractivity contribution in [2.75, 3.05) is 7.11 Å². The SMILES string of the molecule is COc1ccc(COc2ccccc2CCCc2ccccc2C(=O)O)cc1. The smallest absolute Gasteiger partial charge is 0.335 e. The van der Waals surface area contributed by atoms with Gasteiger partial charge in [-0.1, -0.05) is 48.5 Å². The number of carbonyl (C=O) groups is 1. The Labute approximate surface area is 165 Å².